The van der Waals surface area contributed by atoms with Gasteiger partial charge < -0.3 is 9.91 Å². The van der Waals surface area contributed by atoms with Crippen LogP contribution >= 0.6 is 0 Å². The van der Waals surface area contributed by atoms with Gasteiger partial charge in [-0.3, -0.25) is 9.97 Å². The molecule has 0 saturated heterocycles. The molecule has 5 nitrogen and oxygen atoms in total. The predicted octanol–water partition coefficient (Wildman–Crippen LogP) is 3.57. The SMILES string of the molecule is CN(C)c1cccc(C2=CN(C)N(C)C2c2ccc3nccnc3c2)c1. The van der Waals surface area contributed by atoms with Gasteiger partial charge in [-0.15, -0.1) is 0 Å². The smallest absolute Gasteiger partial charge is 0.0890 e. The number of hydrogen-bond donors (Lipinski definition) is 0. The first-order chi connectivity index (χ1) is 12.5. The largest absolute Gasteiger partial charge is 0.378 e. The number of aromatic nitrogens is 2. The van der Waals surface area contributed by atoms with Gasteiger partial charge in [0.25, 0.3) is 0 Å². The predicted molar refractivity (Wildman–Crippen MR) is 107 cm³/mol. The second-order valence-electron chi connectivity index (χ2n) is 6.88. The Morgan fingerprint density at radius 2 is 1.69 bits per heavy atom. The van der Waals surface area contributed by atoms with Crippen molar-refractivity contribution in [2.45, 2.75) is 6.04 Å². The molecule has 1 aromatic heterocycles. The zero-order valence-corrected chi connectivity index (χ0v) is 15.6. The van der Waals surface area contributed by atoms with E-state index in [2.05, 4.69) is 102 Å². The van der Waals surface area contributed by atoms with Gasteiger partial charge in [-0.05, 0) is 35.4 Å². The molecule has 26 heavy (non-hydrogen) atoms. The molecule has 5 heteroatoms. The third-order valence-corrected chi connectivity index (χ3v) is 5.00. The first kappa shape index (κ1) is 16.5. The number of anilines is 1. The van der Waals surface area contributed by atoms with Crippen molar-refractivity contribution < 1.29 is 0 Å². The van der Waals surface area contributed by atoms with E-state index in [1.807, 2.05) is 0 Å². The zero-order valence-electron chi connectivity index (χ0n) is 15.6. The lowest BCUT2D eigenvalue weighted by Gasteiger charge is -2.28. The summed E-state index contributed by atoms with van der Waals surface area (Å²) in [6, 6.07) is 15.2. The van der Waals surface area contributed by atoms with E-state index in [1.165, 1.54) is 22.4 Å². The molecular formula is C21H23N5. The minimum Gasteiger partial charge on any atom is -0.378 e. The van der Waals surface area contributed by atoms with Gasteiger partial charge in [-0.25, -0.2) is 5.01 Å². The standard InChI is InChI=1S/C21H23N5/c1-24(2)17-7-5-6-15(12-17)18-14-25(3)26(4)21(18)16-8-9-19-20(13-16)23-11-10-22-19/h5-14,21H,1-4H3. The van der Waals surface area contributed by atoms with E-state index in [0.29, 0.717) is 0 Å². The van der Waals surface area contributed by atoms with Crippen LogP contribution in [-0.2, 0) is 0 Å². The molecular weight excluding hydrogens is 322 g/mol. The Morgan fingerprint density at radius 3 is 2.46 bits per heavy atom. The van der Waals surface area contributed by atoms with Crippen LogP contribution in [-0.4, -0.2) is 48.2 Å². The Balaban J connectivity index is 1.80. The number of hydrazine groups is 1. The molecule has 0 radical (unpaired) electrons. The van der Waals surface area contributed by atoms with Crippen LogP contribution in [0.2, 0.25) is 0 Å². The van der Waals surface area contributed by atoms with E-state index in [-0.39, 0.29) is 6.04 Å². The first-order valence-corrected chi connectivity index (χ1v) is 8.70. The summed E-state index contributed by atoms with van der Waals surface area (Å²) < 4.78 is 0. The maximum absolute atomic E-state index is 4.47. The van der Waals surface area contributed by atoms with Gasteiger partial charge in [0.2, 0.25) is 0 Å². The van der Waals surface area contributed by atoms with Crippen molar-refractivity contribution in [2.75, 3.05) is 33.1 Å². The van der Waals surface area contributed by atoms with E-state index in [0.717, 1.165) is 11.0 Å². The van der Waals surface area contributed by atoms with E-state index < -0.39 is 0 Å². The summed E-state index contributed by atoms with van der Waals surface area (Å²) in [5.41, 5.74) is 6.77. The van der Waals surface area contributed by atoms with Crippen molar-refractivity contribution in [3.8, 4) is 0 Å². The van der Waals surface area contributed by atoms with Gasteiger partial charge in [0, 0.05) is 58.0 Å². The number of rotatable bonds is 3. The van der Waals surface area contributed by atoms with Crippen LogP contribution in [0, 0.1) is 0 Å². The number of fused-ring (bicyclic) bond motifs is 1. The molecule has 1 aliphatic heterocycles. The highest BCUT2D eigenvalue weighted by atomic mass is 15.6. The molecule has 132 valence electrons. The fourth-order valence-corrected chi connectivity index (χ4v) is 3.49. The van der Waals surface area contributed by atoms with E-state index >= 15 is 0 Å². The molecule has 1 aliphatic rings. The summed E-state index contributed by atoms with van der Waals surface area (Å²) >= 11 is 0. The number of benzene rings is 2. The highest BCUT2D eigenvalue weighted by Crippen LogP contribution is 2.41. The number of hydrogen-bond acceptors (Lipinski definition) is 5. The summed E-state index contributed by atoms with van der Waals surface area (Å²) in [4.78, 5) is 11.0. The molecule has 2 aromatic carbocycles. The van der Waals surface area contributed by atoms with Crippen LogP contribution in [0.3, 0.4) is 0 Å². The lowest BCUT2D eigenvalue weighted by molar-refractivity contribution is 0.0753. The van der Waals surface area contributed by atoms with Crippen LogP contribution in [0.25, 0.3) is 16.6 Å². The summed E-state index contributed by atoms with van der Waals surface area (Å²) in [7, 11) is 8.33. The van der Waals surface area contributed by atoms with Crippen LogP contribution < -0.4 is 4.90 Å². The monoisotopic (exact) mass is 345 g/mol. The third-order valence-electron chi connectivity index (χ3n) is 5.00. The van der Waals surface area contributed by atoms with E-state index in [1.54, 1.807) is 12.4 Å². The highest BCUT2D eigenvalue weighted by molar-refractivity contribution is 5.79. The number of nitrogens with zero attached hydrogens (tertiary/aromatic N) is 5. The zero-order chi connectivity index (χ0) is 18.3. The Hall–Kier alpha value is -2.92. The molecule has 3 aromatic rings. The average molecular weight is 345 g/mol. The molecule has 1 atom stereocenters. The quantitative estimate of drug-likeness (QED) is 0.725. The molecule has 2 heterocycles. The molecule has 0 bridgehead atoms. The van der Waals surface area contributed by atoms with Gasteiger partial charge in [-0.1, -0.05) is 18.2 Å². The first-order valence-electron chi connectivity index (χ1n) is 8.70. The molecule has 0 fully saturated rings. The van der Waals surface area contributed by atoms with Gasteiger partial charge in [0.05, 0.1) is 17.1 Å². The topological polar surface area (TPSA) is 35.5 Å². The third kappa shape index (κ3) is 2.80. The molecule has 1 unspecified atom stereocenters. The Labute approximate surface area is 154 Å². The van der Waals surface area contributed by atoms with Crippen LogP contribution in [0.5, 0.6) is 0 Å². The maximum atomic E-state index is 4.47. The van der Waals surface area contributed by atoms with Gasteiger partial charge in [0.1, 0.15) is 0 Å². The average Bonchev–Trinajstić information content (AvgIpc) is 2.96. The highest BCUT2D eigenvalue weighted by Gasteiger charge is 2.31. The van der Waals surface area contributed by atoms with Gasteiger partial charge in [0.15, 0.2) is 0 Å². The van der Waals surface area contributed by atoms with Crippen molar-refractivity contribution in [1.82, 2.24) is 20.0 Å². The van der Waals surface area contributed by atoms with Crippen LogP contribution in [0.4, 0.5) is 5.69 Å². The van der Waals surface area contributed by atoms with Crippen molar-refractivity contribution in [2.24, 2.45) is 0 Å². The van der Waals surface area contributed by atoms with Crippen molar-refractivity contribution in [1.29, 1.82) is 0 Å². The summed E-state index contributed by atoms with van der Waals surface area (Å²) in [6.07, 6.45) is 5.68. The van der Waals surface area contributed by atoms with E-state index in [4.69, 9.17) is 0 Å². The van der Waals surface area contributed by atoms with Crippen molar-refractivity contribution in [3.05, 3.63) is 72.2 Å². The number of likely N-dealkylation sites (N-methyl/N-ethyl adjacent to an activating group) is 1. The molecule has 0 amide bonds. The summed E-state index contributed by atoms with van der Waals surface area (Å²) in [5.74, 6) is 0. The maximum Gasteiger partial charge on any atom is 0.0890 e. The Morgan fingerprint density at radius 1 is 0.923 bits per heavy atom. The van der Waals surface area contributed by atoms with Gasteiger partial charge in [-0.2, -0.15) is 0 Å². The second-order valence-corrected chi connectivity index (χ2v) is 6.88. The molecule has 4 rings (SSSR count). The van der Waals surface area contributed by atoms with Crippen molar-refractivity contribution >= 4 is 22.3 Å². The summed E-state index contributed by atoms with van der Waals surface area (Å²) in [6.45, 7) is 0. The van der Waals surface area contributed by atoms with Gasteiger partial charge >= 0.3 is 0 Å². The molecule has 0 spiro atoms. The van der Waals surface area contributed by atoms with Crippen LogP contribution in [0.1, 0.15) is 17.2 Å². The second kappa shape index (κ2) is 6.42. The lowest BCUT2D eigenvalue weighted by Crippen LogP contribution is -2.30. The molecule has 0 saturated carbocycles. The molecule has 0 aliphatic carbocycles. The fraction of sp³-hybridized carbons (Fsp3) is 0.238. The molecule has 0 N–H and O–H groups in total. The Kier molecular flexibility index (Phi) is 4.09. The lowest BCUT2D eigenvalue weighted by atomic mass is 9.93. The minimum absolute atomic E-state index is 0.142. The summed E-state index contributed by atoms with van der Waals surface area (Å²) in [5, 5.41) is 4.39. The minimum atomic E-state index is 0.142. The van der Waals surface area contributed by atoms with E-state index in [9.17, 15) is 0 Å². The van der Waals surface area contributed by atoms with Crippen LogP contribution in [0.15, 0.2) is 61.1 Å². The fourth-order valence-electron chi connectivity index (χ4n) is 3.49. The van der Waals surface area contributed by atoms with Crippen molar-refractivity contribution in [3.63, 3.8) is 0 Å². The normalized spacial score (nSPS) is 17.6. The Bertz CT molecular complexity index is 979.